The first-order valence-corrected chi connectivity index (χ1v) is 15.5. The lowest BCUT2D eigenvalue weighted by molar-refractivity contribution is -0.137. The average Bonchev–Trinajstić information content (AvgIpc) is 3.46. The highest BCUT2D eigenvalue weighted by molar-refractivity contribution is 6.02. The van der Waals surface area contributed by atoms with Crippen LogP contribution in [-0.2, 0) is 6.18 Å². The number of piperidine rings is 1. The molecule has 1 fully saturated rings. The van der Waals surface area contributed by atoms with Gasteiger partial charge in [-0.2, -0.15) is 28.2 Å². The zero-order chi connectivity index (χ0) is 33.9. The predicted molar refractivity (Wildman–Crippen MR) is 169 cm³/mol. The van der Waals surface area contributed by atoms with Crippen molar-refractivity contribution in [2.24, 2.45) is 5.92 Å². The Labute approximate surface area is 271 Å². The van der Waals surface area contributed by atoms with Crippen molar-refractivity contribution in [3.63, 3.8) is 0 Å². The number of aromatic amines is 1. The van der Waals surface area contributed by atoms with Crippen LogP contribution in [0.25, 0.3) is 33.1 Å². The number of pyridine rings is 2. The van der Waals surface area contributed by atoms with E-state index >= 15 is 4.39 Å². The lowest BCUT2D eigenvalue weighted by atomic mass is 9.94. The number of ether oxygens (including phenoxy) is 2. The number of fused-ring (bicyclic) bond motifs is 1. The van der Waals surface area contributed by atoms with Crippen LogP contribution in [0.2, 0.25) is 0 Å². The Balaban J connectivity index is 1.48. The molecule has 5 N–H and O–H groups in total. The van der Waals surface area contributed by atoms with E-state index in [0.717, 1.165) is 0 Å². The Morgan fingerprint density at radius 1 is 1.25 bits per heavy atom. The molecule has 5 aromatic rings. The summed E-state index contributed by atoms with van der Waals surface area (Å²) in [5.41, 5.74) is 4.57. The van der Waals surface area contributed by atoms with Crippen LogP contribution < -0.4 is 25.4 Å². The van der Waals surface area contributed by atoms with Crippen molar-refractivity contribution in [1.29, 1.82) is 0 Å². The minimum atomic E-state index is -4.85. The van der Waals surface area contributed by atoms with Crippen LogP contribution in [0.3, 0.4) is 0 Å². The number of aryl methyl sites for hydroxylation is 1. The van der Waals surface area contributed by atoms with Crippen LogP contribution in [0.5, 0.6) is 11.9 Å². The van der Waals surface area contributed by atoms with Crippen molar-refractivity contribution in [3.05, 3.63) is 53.1 Å². The first-order chi connectivity index (χ1) is 22.9. The van der Waals surface area contributed by atoms with Gasteiger partial charge in [0.05, 0.1) is 42.1 Å². The van der Waals surface area contributed by atoms with Crippen molar-refractivity contribution < 1.29 is 32.1 Å². The van der Waals surface area contributed by atoms with Crippen LogP contribution in [0, 0.1) is 18.7 Å². The first kappa shape index (κ1) is 31.8. The molecule has 0 saturated carbocycles. The van der Waals surface area contributed by atoms with Crippen LogP contribution in [-0.4, -0.2) is 73.7 Å². The molecule has 252 valence electrons. The van der Waals surface area contributed by atoms with Crippen molar-refractivity contribution in [3.8, 4) is 23.1 Å². The Kier molecular flexibility index (Phi) is 7.94. The highest BCUT2D eigenvalue weighted by Crippen LogP contribution is 2.47. The highest BCUT2D eigenvalue weighted by atomic mass is 19.4. The maximum absolute atomic E-state index is 17.0. The number of rotatable bonds is 6. The highest BCUT2D eigenvalue weighted by Gasteiger charge is 2.40. The van der Waals surface area contributed by atoms with E-state index in [-0.39, 0.29) is 70.0 Å². The normalized spacial score (nSPS) is 20.5. The van der Waals surface area contributed by atoms with Gasteiger partial charge in [0.15, 0.2) is 5.82 Å². The fourth-order valence-electron chi connectivity index (χ4n) is 6.71. The SMILES string of the molecule is Cc1cc2[nH]ncc2c(-c2nc3c4c(nc(OC[C@H]5CNCC[C@H]5O)nc4c2F)N([C@H](C)c2cccnc2N)[C@@H](C)CO3)c1C(F)(F)F. The van der Waals surface area contributed by atoms with Crippen LogP contribution >= 0.6 is 0 Å². The molecule has 1 aromatic carbocycles. The molecule has 0 amide bonds. The number of nitrogens with zero attached hydrogens (tertiary/aromatic N) is 6. The molecular weight excluding hydrogens is 634 g/mol. The number of benzene rings is 1. The van der Waals surface area contributed by atoms with Gasteiger partial charge in [-0.05, 0) is 51.4 Å². The molecule has 2 aliphatic heterocycles. The largest absolute Gasteiger partial charge is 0.475 e. The summed E-state index contributed by atoms with van der Waals surface area (Å²) in [6, 6.07) is 3.75. The molecule has 0 spiro atoms. The van der Waals surface area contributed by atoms with E-state index in [1.807, 2.05) is 24.8 Å². The van der Waals surface area contributed by atoms with Gasteiger partial charge in [0, 0.05) is 35.2 Å². The van der Waals surface area contributed by atoms with Gasteiger partial charge in [0.1, 0.15) is 34.8 Å². The number of nitrogens with one attached hydrogen (secondary N) is 2. The van der Waals surface area contributed by atoms with Gasteiger partial charge in [-0.15, -0.1) is 0 Å². The van der Waals surface area contributed by atoms with Crippen molar-refractivity contribution in [2.45, 2.75) is 51.6 Å². The fourth-order valence-corrected chi connectivity index (χ4v) is 6.71. The average molecular weight is 668 g/mol. The number of aliphatic hydroxyl groups excluding tert-OH is 1. The zero-order valence-corrected chi connectivity index (χ0v) is 26.3. The summed E-state index contributed by atoms with van der Waals surface area (Å²) in [6.45, 7) is 6.20. The number of aliphatic hydroxyl groups is 1. The van der Waals surface area contributed by atoms with Gasteiger partial charge in [0.2, 0.25) is 5.88 Å². The lowest BCUT2D eigenvalue weighted by Gasteiger charge is -2.35. The predicted octanol–water partition coefficient (Wildman–Crippen LogP) is 4.71. The smallest absolute Gasteiger partial charge is 0.417 e. The summed E-state index contributed by atoms with van der Waals surface area (Å²) in [4.78, 5) is 19.6. The van der Waals surface area contributed by atoms with E-state index in [9.17, 15) is 18.3 Å². The first-order valence-electron chi connectivity index (χ1n) is 15.5. The number of nitrogens with two attached hydrogens (primary N) is 1. The summed E-state index contributed by atoms with van der Waals surface area (Å²) in [6.07, 6.45) is -2.19. The van der Waals surface area contributed by atoms with Crippen molar-refractivity contribution in [1.82, 2.24) is 35.5 Å². The molecule has 4 atom stereocenters. The third-order valence-corrected chi connectivity index (χ3v) is 9.09. The molecule has 6 heterocycles. The number of hydrogen-bond donors (Lipinski definition) is 4. The molecular formula is C32H33F4N9O3. The molecule has 4 aromatic heterocycles. The Bertz CT molecular complexity index is 2020. The number of alkyl halides is 3. The Morgan fingerprint density at radius 3 is 2.81 bits per heavy atom. The second-order valence-corrected chi connectivity index (χ2v) is 12.3. The molecule has 48 heavy (non-hydrogen) atoms. The number of halogens is 4. The molecule has 2 aliphatic rings. The third kappa shape index (κ3) is 5.38. The van der Waals surface area contributed by atoms with E-state index in [2.05, 4.69) is 30.5 Å². The number of aromatic nitrogens is 6. The van der Waals surface area contributed by atoms with Gasteiger partial charge in [-0.3, -0.25) is 5.10 Å². The van der Waals surface area contributed by atoms with Gasteiger partial charge in [-0.1, -0.05) is 6.07 Å². The second-order valence-electron chi connectivity index (χ2n) is 12.3. The maximum Gasteiger partial charge on any atom is 0.417 e. The summed E-state index contributed by atoms with van der Waals surface area (Å²) < 4.78 is 73.1. The fraction of sp³-hybridized carbons (Fsp3) is 0.406. The van der Waals surface area contributed by atoms with Gasteiger partial charge < -0.3 is 30.5 Å². The summed E-state index contributed by atoms with van der Waals surface area (Å²) in [7, 11) is 0. The minimum Gasteiger partial charge on any atom is -0.475 e. The zero-order valence-electron chi connectivity index (χ0n) is 26.3. The van der Waals surface area contributed by atoms with E-state index in [4.69, 9.17) is 20.2 Å². The van der Waals surface area contributed by atoms with Crippen LogP contribution in [0.4, 0.5) is 29.2 Å². The molecule has 0 radical (unpaired) electrons. The summed E-state index contributed by atoms with van der Waals surface area (Å²) in [5.74, 6) is -1.08. The maximum atomic E-state index is 17.0. The number of nitrogen functional groups attached to an aromatic ring is 1. The number of hydrogen-bond acceptors (Lipinski definition) is 11. The lowest BCUT2D eigenvalue weighted by Crippen LogP contribution is -2.42. The molecule has 0 bridgehead atoms. The molecule has 12 nitrogen and oxygen atoms in total. The summed E-state index contributed by atoms with van der Waals surface area (Å²) >= 11 is 0. The van der Waals surface area contributed by atoms with E-state index in [0.29, 0.717) is 25.1 Å². The second kappa shape index (κ2) is 12.0. The van der Waals surface area contributed by atoms with Gasteiger partial charge in [0.25, 0.3) is 0 Å². The van der Waals surface area contributed by atoms with Crippen LogP contribution in [0.15, 0.2) is 30.6 Å². The molecule has 1 saturated heterocycles. The standard InChI is InChI=1S/C32H33F4N9O3/c1-14-9-20-19(11-40-44-20)22(24(14)32(34,35)36)26-25(33)27-23-29(43-31(42-27)48-13-17-10-38-8-6-21(17)46)45(15(2)12-47-30(23)41-26)16(3)18-5-4-7-39-28(18)37/h4-5,7,9,11,15-17,21,38,46H,6,8,10,12-13H2,1-3H3,(H2,37,39)(H,40,44)/t15-,16+,17+,21+/m0/s1. The molecule has 16 heteroatoms. The molecule has 0 unspecified atom stereocenters. The molecule has 7 rings (SSSR count). The van der Waals surface area contributed by atoms with E-state index < -0.39 is 47.0 Å². The van der Waals surface area contributed by atoms with E-state index in [1.165, 1.54) is 19.2 Å². The van der Waals surface area contributed by atoms with Gasteiger partial charge in [-0.25, -0.2) is 14.4 Å². The van der Waals surface area contributed by atoms with Crippen molar-refractivity contribution in [2.75, 3.05) is 36.9 Å². The quantitative estimate of drug-likeness (QED) is 0.186. The monoisotopic (exact) mass is 667 g/mol. The minimum absolute atomic E-state index is 0.00837. The Morgan fingerprint density at radius 2 is 2.06 bits per heavy atom. The third-order valence-electron chi connectivity index (χ3n) is 9.09. The molecule has 0 aliphatic carbocycles. The summed E-state index contributed by atoms with van der Waals surface area (Å²) in [5, 5.41) is 20.4. The number of H-pyrrole nitrogens is 1. The Hall–Kier alpha value is -4.83. The van der Waals surface area contributed by atoms with Crippen LogP contribution in [0.1, 0.15) is 43.0 Å². The number of anilines is 2. The van der Waals surface area contributed by atoms with E-state index in [1.54, 1.807) is 12.3 Å². The van der Waals surface area contributed by atoms with Crippen molar-refractivity contribution >= 4 is 33.4 Å². The van der Waals surface area contributed by atoms with Gasteiger partial charge >= 0.3 is 12.2 Å². The topological polar surface area (TPSA) is 160 Å².